The molecule has 1 aliphatic heterocycles. The number of aryl methyl sites for hydroxylation is 1. The van der Waals surface area contributed by atoms with E-state index in [9.17, 15) is 28.4 Å². The lowest BCUT2D eigenvalue weighted by atomic mass is 10.0. The Kier molecular flexibility index (Phi) is 4.47. The fraction of sp³-hybridized carbons (Fsp3) is 0.462. The van der Waals surface area contributed by atoms with Gasteiger partial charge in [0, 0.05) is 24.5 Å². The van der Waals surface area contributed by atoms with Gasteiger partial charge < -0.3 is 10.4 Å². The summed E-state index contributed by atoms with van der Waals surface area (Å²) < 4.78 is 22.8. The molecule has 2 rings (SSSR count). The van der Waals surface area contributed by atoms with Crippen LogP contribution in [0.15, 0.2) is 18.2 Å². The second-order valence-corrected chi connectivity index (χ2v) is 7.57. The van der Waals surface area contributed by atoms with E-state index < -0.39 is 32.7 Å². The number of aliphatic hydroxyl groups excluding tert-OH is 1. The van der Waals surface area contributed by atoms with Crippen LogP contribution in [0.25, 0.3) is 0 Å². The summed E-state index contributed by atoms with van der Waals surface area (Å²) in [7, 11) is -3.31. The zero-order valence-electron chi connectivity index (χ0n) is 11.9. The molecule has 1 fully saturated rings. The molecule has 1 aliphatic rings. The van der Waals surface area contributed by atoms with Crippen LogP contribution in [0, 0.1) is 23.0 Å². The van der Waals surface area contributed by atoms with Crippen molar-refractivity contribution in [2.24, 2.45) is 5.92 Å². The lowest BCUT2D eigenvalue weighted by Gasteiger charge is -2.13. The SMILES string of the molecule is Cc1ccc([N+](=O)[O-])cc1NC(=O)CC1CS(=O)(=O)CC1O. The predicted octanol–water partition coefficient (Wildman–Crippen LogP) is 0.637. The highest BCUT2D eigenvalue weighted by atomic mass is 32.2. The molecule has 1 heterocycles. The molecule has 2 unspecified atom stereocenters. The minimum Gasteiger partial charge on any atom is -0.392 e. The first-order valence-corrected chi connectivity index (χ1v) is 8.43. The Morgan fingerprint density at radius 1 is 1.45 bits per heavy atom. The molecule has 8 nitrogen and oxygen atoms in total. The summed E-state index contributed by atoms with van der Waals surface area (Å²) in [4.78, 5) is 22.1. The number of aliphatic hydroxyl groups is 1. The van der Waals surface area contributed by atoms with E-state index in [0.29, 0.717) is 11.3 Å². The lowest BCUT2D eigenvalue weighted by Crippen LogP contribution is -2.24. The van der Waals surface area contributed by atoms with E-state index in [4.69, 9.17) is 0 Å². The van der Waals surface area contributed by atoms with Crippen molar-refractivity contribution in [2.75, 3.05) is 16.8 Å². The van der Waals surface area contributed by atoms with Crippen LogP contribution in [-0.2, 0) is 14.6 Å². The summed E-state index contributed by atoms with van der Waals surface area (Å²) >= 11 is 0. The van der Waals surface area contributed by atoms with Crippen LogP contribution in [0.4, 0.5) is 11.4 Å². The van der Waals surface area contributed by atoms with Crippen LogP contribution in [0.3, 0.4) is 0 Å². The molecular weight excluding hydrogens is 312 g/mol. The van der Waals surface area contributed by atoms with Crippen LogP contribution in [0.2, 0.25) is 0 Å². The standard InChI is InChI=1S/C13H16N2O6S/c1-8-2-3-10(15(18)19)5-11(8)14-13(17)4-9-6-22(20,21)7-12(9)16/h2-3,5,9,12,16H,4,6-7H2,1H3,(H,14,17). The van der Waals surface area contributed by atoms with Crippen molar-refractivity contribution in [3.05, 3.63) is 33.9 Å². The molecule has 9 heteroatoms. The van der Waals surface area contributed by atoms with Crippen LogP contribution >= 0.6 is 0 Å². The van der Waals surface area contributed by atoms with Gasteiger partial charge in [0.2, 0.25) is 5.91 Å². The van der Waals surface area contributed by atoms with E-state index in [1.165, 1.54) is 18.2 Å². The van der Waals surface area contributed by atoms with E-state index >= 15 is 0 Å². The van der Waals surface area contributed by atoms with E-state index in [2.05, 4.69) is 5.32 Å². The Morgan fingerprint density at radius 3 is 2.68 bits per heavy atom. The fourth-order valence-corrected chi connectivity index (χ4v) is 4.32. The van der Waals surface area contributed by atoms with Gasteiger partial charge in [-0.15, -0.1) is 0 Å². The molecule has 1 amide bonds. The molecule has 0 aromatic heterocycles. The fourth-order valence-electron chi connectivity index (χ4n) is 2.39. The number of carbonyl (C=O) groups excluding carboxylic acids is 1. The first kappa shape index (κ1) is 16.4. The number of rotatable bonds is 4. The number of nitro groups is 1. The summed E-state index contributed by atoms with van der Waals surface area (Å²) in [6.45, 7) is 1.69. The summed E-state index contributed by atoms with van der Waals surface area (Å²) in [5.41, 5.74) is 0.803. The topological polar surface area (TPSA) is 127 Å². The highest BCUT2D eigenvalue weighted by Gasteiger charge is 2.37. The molecule has 2 N–H and O–H groups in total. The molecule has 1 aromatic carbocycles. The van der Waals surface area contributed by atoms with Crippen LogP contribution < -0.4 is 5.32 Å². The second kappa shape index (κ2) is 6.01. The quantitative estimate of drug-likeness (QED) is 0.617. The number of nitro benzene ring substituents is 1. The Balaban J connectivity index is 2.07. The molecule has 0 saturated carbocycles. The average molecular weight is 328 g/mol. The maximum atomic E-state index is 12.0. The lowest BCUT2D eigenvalue weighted by molar-refractivity contribution is -0.384. The van der Waals surface area contributed by atoms with Crippen molar-refractivity contribution in [3.8, 4) is 0 Å². The minimum atomic E-state index is -3.31. The van der Waals surface area contributed by atoms with E-state index in [0.717, 1.165) is 0 Å². The molecule has 1 aromatic rings. The van der Waals surface area contributed by atoms with Gasteiger partial charge in [-0.05, 0) is 12.5 Å². The molecule has 0 bridgehead atoms. The normalized spacial score (nSPS) is 23.2. The van der Waals surface area contributed by atoms with E-state index in [1.54, 1.807) is 6.92 Å². The number of non-ortho nitro benzene ring substituents is 1. The predicted molar refractivity (Wildman–Crippen MR) is 79.2 cm³/mol. The van der Waals surface area contributed by atoms with Crippen molar-refractivity contribution in [1.29, 1.82) is 0 Å². The average Bonchev–Trinajstić information content (AvgIpc) is 2.64. The third-order valence-electron chi connectivity index (χ3n) is 3.59. The van der Waals surface area contributed by atoms with Crippen molar-refractivity contribution < 1.29 is 23.2 Å². The van der Waals surface area contributed by atoms with Crippen molar-refractivity contribution in [3.63, 3.8) is 0 Å². The summed E-state index contributed by atoms with van der Waals surface area (Å²) in [6.07, 6.45) is -1.20. The summed E-state index contributed by atoms with van der Waals surface area (Å²) in [6, 6.07) is 4.09. The minimum absolute atomic E-state index is 0.149. The molecule has 0 radical (unpaired) electrons. The maximum absolute atomic E-state index is 12.0. The summed E-state index contributed by atoms with van der Waals surface area (Å²) in [5, 5.41) is 22.9. The molecule has 0 spiro atoms. The Hall–Kier alpha value is -2.00. The van der Waals surface area contributed by atoms with Gasteiger partial charge in [0.15, 0.2) is 9.84 Å². The van der Waals surface area contributed by atoms with Gasteiger partial charge in [-0.2, -0.15) is 0 Å². The maximum Gasteiger partial charge on any atom is 0.271 e. The Morgan fingerprint density at radius 2 is 2.14 bits per heavy atom. The van der Waals surface area contributed by atoms with Gasteiger partial charge in [-0.1, -0.05) is 6.07 Å². The zero-order chi connectivity index (χ0) is 16.5. The van der Waals surface area contributed by atoms with Gasteiger partial charge >= 0.3 is 0 Å². The number of carbonyl (C=O) groups is 1. The summed E-state index contributed by atoms with van der Waals surface area (Å²) in [5.74, 6) is -1.69. The molecule has 2 atom stereocenters. The van der Waals surface area contributed by atoms with Gasteiger partial charge in [-0.25, -0.2) is 8.42 Å². The smallest absolute Gasteiger partial charge is 0.271 e. The van der Waals surface area contributed by atoms with Gasteiger partial charge in [0.25, 0.3) is 5.69 Å². The number of hydrogen-bond acceptors (Lipinski definition) is 6. The number of benzene rings is 1. The first-order chi connectivity index (χ1) is 10.2. The number of nitrogens with one attached hydrogen (secondary N) is 1. The number of sulfone groups is 1. The van der Waals surface area contributed by atoms with Crippen molar-refractivity contribution in [1.82, 2.24) is 0 Å². The first-order valence-electron chi connectivity index (χ1n) is 6.61. The molecule has 120 valence electrons. The largest absolute Gasteiger partial charge is 0.392 e. The highest BCUT2D eigenvalue weighted by molar-refractivity contribution is 7.91. The van der Waals surface area contributed by atoms with E-state index in [-0.39, 0.29) is 23.6 Å². The molecule has 22 heavy (non-hydrogen) atoms. The van der Waals surface area contributed by atoms with Gasteiger partial charge in [0.1, 0.15) is 0 Å². The van der Waals surface area contributed by atoms with Crippen LogP contribution in [0.1, 0.15) is 12.0 Å². The highest BCUT2D eigenvalue weighted by Crippen LogP contribution is 2.25. The number of hydrogen-bond donors (Lipinski definition) is 2. The Bertz CT molecular complexity index is 715. The molecule has 1 saturated heterocycles. The molecular formula is C13H16N2O6S. The number of nitrogens with zero attached hydrogens (tertiary/aromatic N) is 1. The molecule has 0 aliphatic carbocycles. The van der Waals surface area contributed by atoms with Crippen molar-refractivity contribution >= 4 is 27.1 Å². The zero-order valence-corrected chi connectivity index (χ0v) is 12.7. The van der Waals surface area contributed by atoms with Crippen LogP contribution in [-0.4, -0.2) is 42.0 Å². The van der Waals surface area contributed by atoms with E-state index in [1.807, 2.05) is 0 Å². The third-order valence-corrected chi connectivity index (χ3v) is 5.38. The van der Waals surface area contributed by atoms with Crippen molar-refractivity contribution in [2.45, 2.75) is 19.4 Å². The third kappa shape index (κ3) is 3.80. The van der Waals surface area contributed by atoms with Gasteiger partial charge in [-0.3, -0.25) is 14.9 Å². The number of anilines is 1. The Labute approximate surface area is 127 Å². The monoisotopic (exact) mass is 328 g/mol. The number of amides is 1. The van der Waals surface area contributed by atoms with Crippen LogP contribution in [0.5, 0.6) is 0 Å². The van der Waals surface area contributed by atoms with Gasteiger partial charge in [0.05, 0.1) is 28.2 Å². The second-order valence-electron chi connectivity index (χ2n) is 5.41.